The van der Waals surface area contributed by atoms with Crippen LogP contribution in [0.4, 0.5) is 0 Å². The third kappa shape index (κ3) is 2.45. The summed E-state index contributed by atoms with van der Waals surface area (Å²) in [6.07, 6.45) is 3.31. The Morgan fingerprint density at radius 2 is 2.17 bits per heavy atom. The van der Waals surface area contributed by atoms with E-state index in [0.717, 1.165) is 5.69 Å². The predicted octanol–water partition coefficient (Wildman–Crippen LogP) is 0.579. The van der Waals surface area contributed by atoms with Crippen LogP contribution in [-0.4, -0.2) is 21.8 Å². The zero-order valence-electron chi connectivity index (χ0n) is 6.64. The van der Waals surface area contributed by atoms with Crippen LogP contribution in [0.1, 0.15) is 11.4 Å². The average molecular weight is 165 g/mol. The number of aliphatic hydroxyl groups is 2. The van der Waals surface area contributed by atoms with Crippen LogP contribution in [0, 0.1) is 0 Å². The van der Waals surface area contributed by atoms with Crippen molar-refractivity contribution in [3.8, 4) is 0 Å². The molecule has 0 aliphatic carbocycles. The minimum atomic E-state index is -0.0548. The molecule has 0 atom stereocenters. The van der Waals surface area contributed by atoms with Gasteiger partial charge in [-0.3, -0.25) is 4.98 Å². The van der Waals surface area contributed by atoms with E-state index in [1.807, 2.05) is 12.1 Å². The fraction of sp³-hybridized carbons (Fsp3) is 0.222. The molecule has 0 radical (unpaired) electrons. The summed E-state index contributed by atoms with van der Waals surface area (Å²) in [6.45, 7) is -0.0498. The molecule has 2 N–H and O–H groups in total. The van der Waals surface area contributed by atoms with E-state index in [0.29, 0.717) is 5.69 Å². The molecule has 1 aromatic rings. The summed E-state index contributed by atoms with van der Waals surface area (Å²) in [5, 5.41) is 17.2. The Hall–Kier alpha value is -1.19. The van der Waals surface area contributed by atoms with Crippen molar-refractivity contribution in [2.45, 2.75) is 6.61 Å². The zero-order valence-corrected chi connectivity index (χ0v) is 6.64. The molecule has 0 saturated carbocycles. The van der Waals surface area contributed by atoms with Gasteiger partial charge in [0.2, 0.25) is 0 Å². The molecule has 0 aliphatic rings. The molecule has 64 valence electrons. The SMILES string of the molecule is OCC=Cc1cccc(CO)n1. The van der Waals surface area contributed by atoms with E-state index in [9.17, 15) is 0 Å². The minimum absolute atomic E-state index is 0.00499. The Morgan fingerprint density at radius 1 is 1.33 bits per heavy atom. The molecule has 0 fully saturated rings. The lowest BCUT2D eigenvalue weighted by molar-refractivity contribution is 0.277. The molecule has 1 aromatic heterocycles. The highest BCUT2D eigenvalue weighted by molar-refractivity contribution is 5.44. The molecule has 0 aromatic carbocycles. The highest BCUT2D eigenvalue weighted by atomic mass is 16.3. The highest BCUT2D eigenvalue weighted by Crippen LogP contribution is 2.00. The third-order valence-corrected chi connectivity index (χ3v) is 1.38. The summed E-state index contributed by atoms with van der Waals surface area (Å²) in [5.41, 5.74) is 1.38. The van der Waals surface area contributed by atoms with Gasteiger partial charge < -0.3 is 10.2 Å². The lowest BCUT2D eigenvalue weighted by Gasteiger charge is -1.96. The Kier molecular flexibility index (Phi) is 3.44. The van der Waals surface area contributed by atoms with Gasteiger partial charge in [-0.25, -0.2) is 0 Å². The first kappa shape index (κ1) is 8.90. The van der Waals surface area contributed by atoms with Gasteiger partial charge in [0.15, 0.2) is 0 Å². The van der Waals surface area contributed by atoms with Crippen molar-refractivity contribution < 1.29 is 10.2 Å². The van der Waals surface area contributed by atoms with Gasteiger partial charge >= 0.3 is 0 Å². The molecule has 12 heavy (non-hydrogen) atoms. The summed E-state index contributed by atoms with van der Waals surface area (Å²) in [7, 11) is 0. The maximum absolute atomic E-state index is 8.75. The molecule has 1 rings (SSSR count). The third-order valence-electron chi connectivity index (χ3n) is 1.38. The van der Waals surface area contributed by atoms with Gasteiger partial charge in [-0.1, -0.05) is 12.1 Å². The van der Waals surface area contributed by atoms with E-state index in [1.165, 1.54) is 0 Å². The standard InChI is InChI=1S/C9H11NO2/c11-6-2-5-8-3-1-4-9(7-12)10-8/h1-5,11-12H,6-7H2. The lowest BCUT2D eigenvalue weighted by atomic mass is 10.3. The van der Waals surface area contributed by atoms with Gasteiger partial charge in [0.05, 0.1) is 24.6 Å². The van der Waals surface area contributed by atoms with Gasteiger partial charge in [-0.15, -0.1) is 0 Å². The van der Waals surface area contributed by atoms with Crippen molar-refractivity contribution in [1.82, 2.24) is 4.98 Å². The van der Waals surface area contributed by atoms with Gasteiger partial charge in [0.1, 0.15) is 0 Å². The van der Waals surface area contributed by atoms with Crippen LogP contribution >= 0.6 is 0 Å². The van der Waals surface area contributed by atoms with E-state index in [-0.39, 0.29) is 13.2 Å². The molecule has 3 nitrogen and oxygen atoms in total. The first-order chi connectivity index (χ1) is 5.86. The van der Waals surface area contributed by atoms with Crippen LogP contribution in [0.3, 0.4) is 0 Å². The summed E-state index contributed by atoms with van der Waals surface area (Å²) in [4.78, 5) is 4.08. The topological polar surface area (TPSA) is 53.4 Å². The van der Waals surface area contributed by atoms with Crippen molar-refractivity contribution >= 4 is 6.08 Å². The van der Waals surface area contributed by atoms with Crippen LogP contribution in [-0.2, 0) is 6.61 Å². The normalized spacial score (nSPS) is 10.8. The number of rotatable bonds is 3. The maximum Gasteiger partial charge on any atom is 0.0853 e. The summed E-state index contributed by atoms with van der Waals surface area (Å²) >= 11 is 0. The fourth-order valence-electron chi connectivity index (χ4n) is 0.852. The van der Waals surface area contributed by atoms with E-state index in [2.05, 4.69) is 4.98 Å². The van der Waals surface area contributed by atoms with Crippen LogP contribution in [0.2, 0.25) is 0 Å². The van der Waals surface area contributed by atoms with Crippen molar-refractivity contribution in [3.05, 3.63) is 35.7 Å². The number of hydrogen-bond acceptors (Lipinski definition) is 3. The monoisotopic (exact) mass is 165 g/mol. The van der Waals surface area contributed by atoms with Crippen LogP contribution in [0.15, 0.2) is 24.3 Å². The molecule has 0 aliphatic heterocycles. The Labute approximate surface area is 71.0 Å². The first-order valence-corrected chi connectivity index (χ1v) is 3.71. The summed E-state index contributed by atoms with van der Waals surface area (Å²) in [6, 6.07) is 5.37. The van der Waals surface area contributed by atoms with Gasteiger partial charge in [0, 0.05) is 0 Å². The Morgan fingerprint density at radius 3 is 2.83 bits per heavy atom. The van der Waals surface area contributed by atoms with E-state index in [1.54, 1.807) is 18.2 Å². The van der Waals surface area contributed by atoms with Crippen molar-refractivity contribution in [2.24, 2.45) is 0 Å². The molecule has 3 heteroatoms. The van der Waals surface area contributed by atoms with Crippen molar-refractivity contribution in [3.63, 3.8) is 0 Å². The zero-order chi connectivity index (χ0) is 8.81. The second kappa shape index (κ2) is 4.64. The second-order valence-electron chi connectivity index (χ2n) is 2.30. The smallest absolute Gasteiger partial charge is 0.0853 e. The van der Waals surface area contributed by atoms with Crippen molar-refractivity contribution in [2.75, 3.05) is 6.61 Å². The predicted molar refractivity (Wildman–Crippen MR) is 46.3 cm³/mol. The maximum atomic E-state index is 8.75. The number of nitrogens with zero attached hydrogens (tertiary/aromatic N) is 1. The minimum Gasteiger partial charge on any atom is -0.392 e. The number of aliphatic hydroxyl groups excluding tert-OH is 2. The summed E-state index contributed by atoms with van der Waals surface area (Å²) in [5.74, 6) is 0. The molecule has 0 amide bonds. The number of aromatic nitrogens is 1. The number of hydrogen-bond donors (Lipinski definition) is 2. The first-order valence-electron chi connectivity index (χ1n) is 3.71. The van der Waals surface area contributed by atoms with E-state index >= 15 is 0 Å². The Balaban J connectivity index is 2.79. The van der Waals surface area contributed by atoms with E-state index in [4.69, 9.17) is 10.2 Å². The average Bonchev–Trinajstić information content (AvgIpc) is 2.15. The number of pyridine rings is 1. The quantitative estimate of drug-likeness (QED) is 0.688. The lowest BCUT2D eigenvalue weighted by Crippen LogP contribution is -1.90. The van der Waals surface area contributed by atoms with Gasteiger partial charge in [-0.05, 0) is 18.2 Å². The molecular weight excluding hydrogens is 154 g/mol. The van der Waals surface area contributed by atoms with Crippen molar-refractivity contribution in [1.29, 1.82) is 0 Å². The second-order valence-corrected chi connectivity index (χ2v) is 2.30. The fourth-order valence-corrected chi connectivity index (χ4v) is 0.852. The van der Waals surface area contributed by atoms with Crippen LogP contribution in [0.25, 0.3) is 6.08 Å². The molecule has 0 saturated heterocycles. The Bertz CT molecular complexity index is 271. The molecule has 0 bridgehead atoms. The molecular formula is C9H11NO2. The summed E-state index contributed by atoms with van der Waals surface area (Å²) < 4.78 is 0. The van der Waals surface area contributed by atoms with Crippen LogP contribution < -0.4 is 0 Å². The van der Waals surface area contributed by atoms with Gasteiger partial charge in [-0.2, -0.15) is 0 Å². The molecule has 0 unspecified atom stereocenters. The van der Waals surface area contributed by atoms with E-state index < -0.39 is 0 Å². The van der Waals surface area contributed by atoms with Crippen LogP contribution in [0.5, 0.6) is 0 Å². The highest BCUT2D eigenvalue weighted by Gasteiger charge is 1.91. The molecule has 0 spiro atoms. The van der Waals surface area contributed by atoms with Gasteiger partial charge in [0.25, 0.3) is 0 Å². The largest absolute Gasteiger partial charge is 0.392 e. The molecule has 1 heterocycles.